The largest absolute Gasteiger partial charge is 0.482 e. The Morgan fingerprint density at radius 2 is 1.77 bits per heavy atom. The molecular formula is C25H31BrN2O2. The minimum atomic E-state index is -0.148. The van der Waals surface area contributed by atoms with E-state index < -0.39 is 0 Å². The fourth-order valence-electron chi connectivity index (χ4n) is 3.89. The molecule has 0 bridgehead atoms. The summed E-state index contributed by atoms with van der Waals surface area (Å²) in [6, 6.07) is 12.0. The van der Waals surface area contributed by atoms with E-state index in [4.69, 9.17) is 4.74 Å². The fourth-order valence-corrected chi connectivity index (χ4v) is 4.50. The number of ether oxygens (including phenoxy) is 1. The lowest BCUT2D eigenvalue weighted by atomic mass is 10.0. The number of nitrogens with zero attached hydrogens (tertiary/aromatic N) is 2. The second kappa shape index (κ2) is 10.8. The summed E-state index contributed by atoms with van der Waals surface area (Å²) < 4.78 is 8.22. The second-order valence-corrected chi connectivity index (χ2v) is 8.65. The average Bonchev–Trinajstić information content (AvgIpc) is 3.04. The Morgan fingerprint density at radius 1 is 1.03 bits per heavy atom. The number of carbonyl (C=O) groups is 1. The molecule has 3 rings (SSSR count). The molecule has 0 fully saturated rings. The molecule has 2 aromatic carbocycles. The Morgan fingerprint density at radius 3 is 2.57 bits per heavy atom. The molecule has 160 valence electrons. The van der Waals surface area contributed by atoms with Gasteiger partial charge < -0.3 is 4.74 Å². The van der Waals surface area contributed by atoms with Gasteiger partial charge in [0.2, 0.25) is 0 Å². The van der Waals surface area contributed by atoms with Gasteiger partial charge in [-0.05, 0) is 65.0 Å². The van der Waals surface area contributed by atoms with Crippen LogP contribution in [-0.4, -0.2) is 22.3 Å². The molecule has 1 heterocycles. The van der Waals surface area contributed by atoms with Gasteiger partial charge in [0.25, 0.3) is 5.91 Å². The minimum absolute atomic E-state index is 0.0463. The molecule has 0 aliphatic carbocycles. The maximum absolute atomic E-state index is 12.8. The highest BCUT2D eigenvalue weighted by atomic mass is 79.9. The Kier molecular flexibility index (Phi) is 8.08. The van der Waals surface area contributed by atoms with Gasteiger partial charge in [-0.25, -0.2) is 4.68 Å². The number of aromatic nitrogens is 2. The summed E-state index contributed by atoms with van der Waals surface area (Å²) in [7, 11) is 0. The molecule has 0 unspecified atom stereocenters. The van der Waals surface area contributed by atoms with Crippen molar-refractivity contribution in [1.82, 2.24) is 9.78 Å². The molecule has 0 saturated carbocycles. The van der Waals surface area contributed by atoms with E-state index in [0.29, 0.717) is 5.75 Å². The Labute approximate surface area is 187 Å². The first-order valence-corrected chi connectivity index (χ1v) is 11.7. The number of unbranched alkanes of at least 4 members (excludes halogenated alkanes) is 5. The Bertz CT molecular complexity index is 1010. The maximum atomic E-state index is 12.8. The maximum Gasteiger partial charge on any atom is 0.284 e. The topological polar surface area (TPSA) is 44.1 Å². The van der Waals surface area contributed by atoms with E-state index in [1.54, 1.807) is 0 Å². The number of rotatable bonds is 10. The van der Waals surface area contributed by atoms with Crippen molar-refractivity contribution >= 4 is 32.6 Å². The third kappa shape index (κ3) is 5.31. The molecule has 0 amide bonds. The number of benzene rings is 2. The van der Waals surface area contributed by atoms with E-state index in [9.17, 15) is 4.79 Å². The van der Waals surface area contributed by atoms with E-state index in [2.05, 4.69) is 34.0 Å². The van der Waals surface area contributed by atoms with Crippen LogP contribution in [0.2, 0.25) is 0 Å². The average molecular weight is 471 g/mol. The van der Waals surface area contributed by atoms with Gasteiger partial charge in [0.05, 0.1) is 10.2 Å². The van der Waals surface area contributed by atoms with Gasteiger partial charge in [-0.15, -0.1) is 0 Å². The molecule has 30 heavy (non-hydrogen) atoms. The molecule has 4 nitrogen and oxygen atoms in total. The Balaban J connectivity index is 1.61. The van der Waals surface area contributed by atoms with Crippen molar-refractivity contribution in [3.63, 3.8) is 0 Å². The van der Waals surface area contributed by atoms with Crippen molar-refractivity contribution < 1.29 is 9.53 Å². The van der Waals surface area contributed by atoms with Gasteiger partial charge in [0.1, 0.15) is 5.75 Å². The lowest BCUT2D eigenvalue weighted by Gasteiger charge is -2.10. The molecule has 0 aliphatic rings. The van der Waals surface area contributed by atoms with Crippen LogP contribution in [0.15, 0.2) is 40.9 Å². The van der Waals surface area contributed by atoms with Crippen LogP contribution in [0.4, 0.5) is 0 Å². The van der Waals surface area contributed by atoms with Crippen molar-refractivity contribution in [1.29, 1.82) is 0 Å². The van der Waals surface area contributed by atoms with Crippen LogP contribution in [0.5, 0.6) is 5.75 Å². The fraction of sp³-hybridized carbons (Fsp3) is 0.440. The highest BCUT2D eigenvalue weighted by molar-refractivity contribution is 9.10. The zero-order valence-corrected chi connectivity index (χ0v) is 19.8. The molecule has 0 aliphatic heterocycles. The van der Waals surface area contributed by atoms with Crippen LogP contribution in [0.1, 0.15) is 67.2 Å². The normalized spacial score (nSPS) is 11.2. The van der Waals surface area contributed by atoms with E-state index in [1.165, 1.54) is 42.3 Å². The molecule has 0 spiro atoms. The lowest BCUT2D eigenvalue weighted by Crippen LogP contribution is -2.22. The molecule has 0 N–H and O–H groups in total. The first-order chi connectivity index (χ1) is 14.5. The van der Waals surface area contributed by atoms with E-state index in [-0.39, 0.29) is 12.5 Å². The molecule has 5 heteroatoms. The van der Waals surface area contributed by atoms with Crippen molar-refractivity contribution in [2.45, 2.75) is 65.7 Å². The lowest BCUT2D eigenvalue weighted by molar-refractivity contribution is 0.0817. The number of hydrogen-bond acceptors (Lipinski definition) is 3. The van der Waals surface area contributed by atoms with Crippen molar-refractivity contribution in [3.8, 4) is 5.75 Å². The van der Waals surface area contributed by atoms with Crippen LogP contribution in [0, 0.1) is 13.8 Å². The first kappa shape index (κ1) is 22.5. The van der Waals surface area contributed by atoms with Gasteiger partial charge in [-0.2, -0.15) is 5.10 Å². The predicted octanol–water partition coefficient (Wildman–Crippen LogP) is 7.04. The molecule has 0 saturated heterocycles. The smallest absolute Gasteiger partial charge is 0.284 e. The van der Waals surface area contributed by atoms with Gasteiger partial charge in [0.15, 0.2) is 6.61 Å². The molecule has 0 atom stereocenters. The zero-order valence-electron chi connectivity index (χ0n) is 18.2. The highest BCUT2D eigenvalue weighted by Gasteiger charge is 2.17. The standard InChI is InChI=1S/C25H31BrN2O2/c1-4-5-6-7-8-9-13-21-18(2)27-28(19(21)3)24(29)17-30-23-16-15-20-12-10-11-14-22(20)25(23)26/h10-12,14-16H,4-9,13,17H2,1-3H3. The summed E-state index contributed by atoms with van der Waals surface area (Å²) in [5, 5.41) is 6.69. The number of hydrogen-bond donors (Lipinski definition) is 0. The van der Waals surface area contributed by atoms with Crippen molar-refractivity contribution in [3.05, 3.63) is 57.8 Å². The first-order valence-electron chi connectivity index (χ1n) is 10.9. The minimum Gasteiger partial charge on any atom is -0.482 e. The summed E-state index contributed by atoms with van der Waals surface area (Å²) in [4.78, 5) is 12.8. The third-order valence-corrected chi connectivity index (χ3v) is 6.45. The quantitative estimate of drug-likeness (QED) is 0.298. The SMILES string of the molecule is CCCCCCCCc1c(C)nn(C(=O)COc2ccc3ccccc3c2Br)c1C. The summed E-state index contributed by atoms with van der Waals surface area (Å²) in [5.74, 6) is 0.515. The number of halogens is 1. The third-order valence-electron chi connectivity index (χ3n) is 5.64. The van der Waals surface area contributed by atoms with Gasteiger partial charge >= 0.3 is 0 Å². The second-order valence-electron chi connectivity index (χ2n) is 7.86. The van der Waals surface area contributed by atoms with Gasteiger partial charge in [-0.1, -0.05) is 69.4 Å². The predicted molar refractivity (Wildman–Crippen MR) is 127 cm³/mol. The van der Waals surface area contributed by atoms with Crippen molar-refractivity contribution in [2.24, 2.45) is 0 Å². The highest BCUT2D eigenvalue weighted by Crippen LogP contribution is 2.33. The van der Waals surface area contributed by atoms with Crippen LogP contribution < -0.4 is 4.74 Å². The van der Waals surface area contributed by atoms with Gasteiger partial charge in [-0.3, -0.25) is 4.79 Å². The van der Waals surface area contributed by atoms with Crippen molar-refractivity contribution in [2.75, 3.05) is 6.61 Å². The van der Waals surface area contributed by atoms with E-state index in [0.717, 1.165) is 39.5 Å². The number of fused-ring (bicyclic) bond motifs is 1. The molecule has 1 aromatic heterocycles. The van der Waals surface area contributed by atoms with Crippen LogP contribution >= 0.6 is 15.9 Å². The Hall–Kier alpha value is -2.14. The summed E-state index contributed by atoms with van der Waals surface area (Å²) >= 11 is 3.61. The summed E-state index contributed by atoms with van der Waals surface area (Å²) in [5.41, 5.74) is 3.08. The summed E-state index contributed by atoms with van der Waals surface area (Å²) in [6.45, 7) is 6.16. The monoisotopic (exact) mass is 470 g/mol. The summed E-state index contributed by atoms with van der Waals surface area (Å²) in [6.07, 6.45) is 8.54. The molecule has 3 aromatic rings. The molecule has 0 radical (unpaired) electrons. The van der Waals surface area contributed by atoms with Crippen LogP contribution in [-0.2, 0) is 6.42 Å². The van der Waals surface area contributed by atoms with Gasteiger partial charge in [0, 0.05) is 5.69 Å². The van der Waals surface area contributed by atoms with Crippen LogP contribution in [0.25, 0.3) is 10.8 Å². The van der Waals surface area contributed by atoms with E-state index >= 15 is 0 Å². The molecular weight excluding hydrogens is 440 g/mol. The van der Waals surface area contributed by atoms with E-state index in [1.807, 2.05) is 44.2 Å². The number of carbonyl (C=O) groups excluding carboxylic acids is 1. The zero-order chi connectivity index (χ0) is 21.5. The van der Waals surface area contributed by atoms with Crippen LogP contribution in [0.3, 0.4) is 0 Å². The number of aryl methyl sites for hydroxylation is 1.